The van der Waals surface area contributed by atoms with Crippen molar-refractivity contribution in [2.24, 2.45) is 0 Å². The summed E-state index contributed by atoms with van der Waals surface area (Å²) in [5.74, 6) is 2.18. The van der Waals surface area contributed by atoms with E-state index < -0.39 is 0 Å². The Hall–Kier alpha value is -1.40. The Kier molecular flexibility index (Phi) is 4.93. The van der Waals surface area contributed by atoms with Gasteiger partial charge in [0, 0.05) is 11.8 Å². The second kappa shape index (κ2) is 6.68. The maximum atomic E-state index is 5.75. The zero-order valence-electron chi connectivity index (χ0n) is 10.8. The third-order valence-corrected chi connectivity index (χ3v) is 3.98. The van der Waals surface area contributed by atoms with Crippen LogP contribution in [0, 0.1) is 0 Å². The fourth-order valence-electron chi connectivity index (χ4n) is 1.46. The van der Waals surface area contributed by atoms with E-state index >= 15 is 0 Å². The highest BCUT2D eigenvalue weighted by Crippen LogP contribution is 2.24. The fraction of sp³-hybridized carbons (Fsp3) is 0.231. The number of ether oxygens (including phenoxy) is 1. The van der Waals surface area contributed by atoms with Gasteiger partial charge in [0.25, 0.3) is 0 Å². The molecule has 1 heterocycles. The molecule has 0 amide bonds. The normalized spacial score (nSPS) is 10.4. The molecule has 1 aromatic heterocycles. The van der Waals surface area contributed by atoms with E-state index in [0.29, 0.717) is 11.0 Å². The molecule has 1 aromatic carbocycles. The second-order valence-corrected chi connectivity index (χ2v) is 5.52. The predicted molar refractivity (Wildman–Crippen MR) is 80.8 cm³/mol. The van der Waals surface area contributed by atoms with Gasteiger partial charge < -0.3 is 10.5 Å². The third-order valence-electron chi connectivity index (χ3n) is 2.44. The first kappa shape index (κ1) is 14.0. The number of nitrogens with two attached hydrogens (primary N) is 1. The summed E-state index contributed by atoms with van der Waals surface area (Å²) in [6.45, 7) is 0. The molecule has 2 aromatic rings. The molecule has 0 saturated carbocycles. The van der Waals surface area contributed by atoms with Crippen molar-refractivity contribution in [2.45, 2.75) is 15.9 Å². The van der Waals surface area contributed by atoms with Crippen LogP contribution in [0.1, 0.15) is 5.56 Å². The Bertz CT molecular complexity index is 546. The molecule has 0 aliphatic rings. The smallest absolute Gasteiger partial charge is 0.190 e. The molecule has 0 radical (unpaired) electrons. The molecule has 0 unspecified atom stereocenters. The zero-order valence-corrected chi connectivity index (χ0v) is 12.4. The highest BCUT2D eigenvalue weighted by atomic mass is 32.2. The number of thioether (sulfide) groups is 2. The van der Waals surface area contributed by atoms with Gasteiger partial charge >= 0.3 is 0 Å². The molecule has 0 aliphatic heterocycles. The van der Waals surface area contributed by atoms with Crippen LogP contribution in [0.25, 0.3) is 0 Å². The lowest BCUT2D eigenvalue weighted by molar-refractivity contribution is 0.414. The van der Waals surface area contributed by atoms with Crippen molar-refractivity contribution in [2.75, 3.05) is 19.1 Å². The predicted octanol–water partition coefficient (Wildman–Crippen LogP) is 3.08. The van der Waals surface area contributed by atoms with Crippen LogP contribution in [0.3, 0.4) is 0 Å². The van der Waals surface area contributed by atoms with Crippen LogP contribution >= 0.6 is 23.5 Å². The highest BCUT2D eigenvalue weighted by molar-refractivity contribution is 7.99. The molecule has 2 rings (SSSR count). The van der Waals surface area contributed by atoms with Gasteiger partial charge in [0.15, 0.2) is 5.16 Å². The maximum Gasteiger partial charge on any atom is 0.190 e. The number of hydrogen-bond acceptors (Lipinski definition) is 6. The lowest BCUT2D eigenvalue weighted by Gasteiger charge is -2.05. The van der Waals surface area contributed by atoms with Gasteiger partial charge in [0.2, 0.25) is 0 Å². The number of anilines is 1. The van der Waals surface area contributed by atoms with Gasteiger partial charge in [0.1, 0.15) is 16.6 Å². The van der Waals surface area contributed by atoms with E-state index in [1.165, 1.54) is 5.56 Å². The lowest BCUT2D eigenvalue weighted by Crippen LogP contribution is -1.96. The highest BCUT2D eigenvalue weighted by Gasteiger charge is 2.04. The van der Waals surface area contributed by atoms with Gasteiger partial charge in [-0.3, -0.25) is 0 Å². The van der Waals surface area contributed by atoms with Crippen LogP contribution in [0.2, 0.25) is 0 Å². The van der Waals surface area contributed by atoms with Crippen molar-refractivity contribution in [3.63, 3.8) is 0 Å². The standard InChI is InChI=1S/C13H15N3OS2/c1-17-10-5-3-9(4-6-10)8-19-13-15-11(14)7-12(16-13)18-2/h3-7H,8H2,1-2H3,(H2,14,15,16). The minimum Gasteiger partial charge on any atom is -0.497 e. The average Bonchev–Trinajstić information content (AvgIpc) is 2.45. The molecule has 0 bridgehead atoms. The van der Waals surface area contributed by atoms with E-state index in [1.54, 1.807) is 36.7 Å². The molecule has 0 aliphatic carbocycles. The molecule has 4 nitrogen and oxygen atoms in total. The van der Waals surface area contributed by atoms with Crippen LogP contribution in [0.4, 0.5) is 5.82 Å². The van der Waals surface area contributed by atoms with Gasteiger partial charge in [-0.25, -0.2) is 9.97 Å². The van der Waals surface area contributed by atoms with E-state index in [9.17, 15) is 0 Å². The van der Waals surface area contributed by atoms with Gasteiger partial charge in [-0.2, -0.15) is 0 Å². The monoisotopic (exact) mass is 293 g/mol. The minimum atomic E-state index is 0.511. The van der Waals surface area contributed by atoms with Gasteiger partial charge in [0.05, 0.1) is 7.11 Å². The Labute approximate surface area is 121 Å². The fourth-order valence-corrected chi connectivity index (χ4v) is 2.75. The number of rotatable bonds is 5. The number of benzene rings is 1. The molecule has 0 fully saturated rings. The first-order chi connectivity index (χ1) is 9.21. The van der Waals surface area contributed by atoms with Crippen molar-refractivity contribution in [1.29, 1.82) is 0 Å². The summed E-state index contributed by atoms with van der Waals surface area (Å²) >= 11 is 3.14. The number of methoxy groups -OCH3 is 1. The zero-order chi connectivity index (χ0) is 13.7. The number of nitrogen functional groups attached to an aromatic ring is 1. The minimum absolute atomic E-state index is 0.511. The Balaban J connectivity index is 2.03. The summed E-state index contributed by atoms with van der Waals surface area (Å²) in [6.07, 6.45) is 1.97. The Morgan fingerprint density at radius 1 is 1.21 bits per heavy atom. The summed E-state index contributed by atoms with van der Waals surface area (Å²) in [7, 11) is 1.66. The largest absolute Gasteiger partial charge is 0.497 e. The number of nitrogens with zero attached hydrogens (tertiary/aromatic N) is 2. The maximum absolute atomic E-state index is 5.75. The molecule has 0 saturated heterocycles. The molecule has 2 N–H and O–H groups in total. The van der Waals surface area contributed by atoms with Gasteiger partial charge in [-0.05, 0) is 24.0 Å². The topological polar surface area (TPSA) is 61.0 Å². The average molecular weight is 293 g/mol. The third kappa shape index (κ3) is 4.04. The van der Waals surface area contributed by atoms with Crippen molar-refractivity contribution >= 4 is 29.3 Å². The molecule has 6 heteroatoms. The van der Waals surface area contributed by atoms with Crippen LogP contribution in [-0.2, 0) is 5.75 Å². The summed E-state index contributed by atoms with van der Waals surface area (Å²) in [4.78, 5) is 8.63. The SMILES string of the molecule is COc1ccc(CSc2nc(N)cc(SC)n2)cc1. The molecule has 0 atom stereocenters. The summed E-state index contributed by atoms with van der Waals surface area (Å²) in [5, 5.41) is 1.60. The van der Waals surface area contributed by atoms with E-state index in [2.05, 4.69) is 9.97 Å². The van der Waals surface area contributed by atoms with Crippen LogP contribution in [0.15, 0.2) is 40.5 Å². The van der Waals surface area contributed by atoms with Crippen LogP contribution in [-0.4, -0.2) is 23.3 Å². The number of aromatic nitrogens is 2. The first-order valence-electron chi connectivity index (χ1n) is 5.65. The Morgan fingerprint density at radius 2 is 1.95 bits per heavy atom. The van der Waals surface area contributed by atoms with E-state index in [-0.39, 0.29) is 0 Å². The lowest BCUT2D eigenvalue weighted by atomic mass is 10.2. The number of hydrogen-bond donors (Lipinski definition) is 1. The first-order valence-corrected chi connectivity index (χ1v) is 7.86. The second-order valence-electron chi connectivity index (χ2n) is 3.75. The molecule has 100 valence electrons. The molecule has 19 heavy (non-hydrogen) atoms. The Morgan fingerprint density at radius 3 is 2.58 bits per heavy atom. The molecular weight excluding hydrogens is 278 g/mol. The van der Waals surface area contributed by atoms with E-state index in [0.717, 1.165) is 16.5 Å². The van der Waals surface area contributed by atoms with Gasteiger partial charge in [-0.15, -0.1) is 11.8 Å². The van der Waals surface area contributed by atoms with E-state index in [4.69, 9.17) is 10.5 Å². The van der Waals surface area contributed by atoms with Crippen molar-refractivity contribution in [3.05, 3.63) is 35.9 Å². The summed E-state index contributed by atoms with van der Waals surface area (Å²) in [5.41, 5.74) is 6.94. The van der Waals surface area contributed by atoms with Gasteiger partial charge in [-0.1, -0.05) is 23.9 Å². The summed E-state index contributed by atoms with van der Waals surface area (Å²) in [6, 6.07) is 9.75. The summed E-state index contributed by atoms with van der Waals surface area (Å²) < 4.78 is 5.13. The van der Waals surface area contributed by atoms with Crippen molar-refractivity contribution in [1.82, 2.24) is 9.97 Å². The quantitative estimate of drug-likeness (QED) is 0.519. The van der Waals surface area contributed by atoms with Crippen LogP contribution in [0.5, 0.6) is 5.75 Å². The van der Waals surface area contributed by atoms with Crippen molar-refractivity contribution < 1.29 is 4.74 Å². The molecular formula is C13H15N3OS2. The molecule has 0 spiro atoms. The van der Waals surface area contributed by atoms with Crippen LogP contribution < -0.4 is 10.5 Å². The van der Waals surface area contributed by atoms with Crippen molar-refractivity contribution in [3.8, 4) is 5.75 Å². The van der Waals surface area contributed by atoms with E-state index in [1.807, 2.05) is 30.5 Å².